The van der Waals surface area contributed by atoms with Gasteiger partial charge < -0.3 is 9.47 Å². The number of sulfonamides is 1. The topological polar surface area (TPSA) is 77.5 Å². The molecule has 0 bridgehead atoms. The summed E-state index contributed by atoms with van der Waals surface area (Å²) in [7, 11) is -3.86. The Hall–Kier alpha value is -2.28. The van der Waals surface area contributed by atoms with Crippen molar-refractivity contribution in [1.29, 1.82) is 0 Å². The number of nitrogens with zero attached hydrogens (tertiary/aromatic N) is 1. The van der Waals surface area contributed by atoms with Gasteiger partial charge in [0.15, 0.2) is 0 Å². The van der Waals surface area contributed by atoms with Gasteiger partial charge in [0.05, 0.1) is 13.2 Å². The van der Waals surface area contributed by atoms with Crippen LogP contribution in [0, 0.1) is 13.8 Å². The summed E-state index contributed by atoms with van der Waals surface area (Å²) in [6, 6.07) is 6.62. The van der Waals surface area contributed by atoms with Crippen LogP contribution in [-0.2, 0) is 10.0 Å². The van der Waals surface area contributed by atoms with E-state index in [-0.39, 0.29) is 10.7 Å². The van der Waals surface area contributed by atoms with Crippen molar-refractivity contribution < 1.29 is 17.9 Å². The molecule has 1 aromatic heterocycles. The highest BCUT2D eigenvalue weighted by Crippen LogP contribution is 2.33. The van der Waals surface area contributed by atoms with Crippen molar-refractivity contribution in [2.24, 2.45) is 0 Å². The molecular weight excluding hydrogens is 328 g/mol. The SMILES string of the molecule is CCOc1cc(S(=O)(=O)Nc2cc(C)ccn2)c(OCC)cc1C. The van der Waals surface area contributed by atoms with Gasteiger partial charge in [0.1, 0.15) is 22.2 Å². The summed E-state index contributed by atoms with van der Waals surface area (Å²) in [4.78, 5) is 4.07. The zero-order valence-corrected chi connectivity index (χ0v) is 15.1. The second-order valence-corrected chi connectivity index (χ2v) is 6.91. The molecule has 0 aliphatic rings. The largest absolute Gasteiger partial charge is 0.494 e. The van der Waals surface area contributed by atoms with E-state index in [2.05, 4.69) is 9.71 Å². The highest BCUT2D eigenvalue weighted by atomic mass is 32.2. The van der Waals surface area contributed by atoms with Gasteiger partial charge in [-0.2, -0.15) is 0 Å². The van der Waals surface area contributed by atoms with E-state index in [4.69, 9.17) is 9.47 Å². The lowest BCUT2D eigenvalue weighted by atomic mass is 10.2. The molecule has 2 rings (SSSR count). The van der Waals surface area contributed by atoms with Gasteiger partial charge in [-0.1, -0.05) is 0 Å². The molecule has 0 atom stereocenters. The number of benzene rings is 1. The third-order valence-corrected chi connectivity index (χ3v) is 4.66. The molecule has 0 saturated carbocycles. The van der Waals surface area contributed by atoms with Crippen LogP contribution < -0.4 is 14.2 Å². The molecule has 0 aliphatic carbocycles. The predicted molar refractivity (Wildman–Crippen MR) is 93.3 cm³/mol. The van der Waals surface area contributed by atoms with Crippen molar-refractivity contribution in [2.45, 2.75) is 32.6 Å². The maximum atomic E-state index is 12.8. The monoisotopic (exact) mass is 350 g/mol. The summed E-state index contributed by atoms with van der Waals surface area (Å²) in [6.07, 6.45) is 1.55. The molecule has 130 valence electrons. The quantitative estimate of drug-likeness (QED) is 0.829. The van der Waals surface area contributed by atoms with Crippen molar-refractivity contribution in [2.75, 3.05) is 17.9 Å². The highest BCUT2D eigenvalue weighted by Gasteiger charge is 2.23. The van der Waals surface area contributed by atoms with Crippen molar-refractivity contribution in [3.63, 3.8) is 0 Å². The molecule has 0 aliphatic heterocycles. The molecule has 7 heteroatoms. The van der Waals surface area contributed by atoms with Crippen molar-refractivity contribution >= 4 is 15.8 Å². The van der Waals surface area contributed by atoms with E-state index in [1.165, 1.54) is 6.07 Å². The summed E-state index contributed by atoms with van der Waals surface area (Å²) in [5.41, 5.74) is 1.72. The first-order valence-corrected chi connectivity index (χ1v) is 9.21. The van der Waals surface area contributed by atoms with Gasteiger partial charge in [0, 0.05) is 12.3 Å². The summed E-state index contributed by atoms with van der Waals surface area (Å²) < 4.78 is 39.1. The Balaban J connectivity index is 2.48. The molecule has 1 aromatic carbocycles. The second-order valence-electron chi connectivity index (χ2n) is 5.25. The van der Waals surface area contributed by atoms with Crippen molar-refractivity contribution in [3.8, 4) is 11.5 Å². The fraction of sp³-hybridized carbons (Fsp3) is 0.353. The summed E-state index contributed by atoms with van der Waals surface area (Å²) >= 11 is 0. The highest BCUT2D eigenvalue weighted by molar-refractivity contribution is 7.92. The molecular formula is C17H22N2O4S. The first-order valence-electron chi connectivity index (χ1n) is 7.73. The Morgan fingerprint density at radius 3 is 2.33 bits per heavy atom. The number of aromatic nitrogens is 1. The molecule has 0 amide bonds. The molecule has 6 nitrogen and oxygen atoms in total. The Bertz CT molecular complexity index is 819. The molecule has 0 spiro atoms. The van der Waals surface area contributed by atoms with Crippen LogP contribution in [0.4, 0.5) is 5.82 Å². The van der Waals surface area contributed by atoms with Crippen molar-refractivity contribution in [3.05, 3.63) is 41.6 Å². The molecule has 0 unspecified atom stereocenters. The molecule has 0 fully saturated rings. The van der Waals surface area contributed by atoms with Gasteiger partial charge in [-0.3, -0.25) is 4.72 Å². The minimum atomic E-state index is -3.86. The van der Waals surface area contributed by atoms with Crippen LogP contribution in [0.3, 0.4) is 0 Å². The minimum absolute atomic E-state index is 0.0294. The average molecular weight is 350 g/mol. The van der Waals surface area contributed by atoms with Gasteiger partial charge in [-0.25, -0.2) is 13.4 Å². The number of ether oxygens (including phenoxy) is 2. The van der Waals surface area contributed by atoms with Crippen LogP contribution in [0.15, 0.2) is 35.4 Å². The Morgan fingerprint density at radius 2 is 1.71 bits per heavy atom. The normalized spacial score (nSPS) is 11.2. The first-order chi connectivity index (χ1) is 11.4. The van der Waals surface area contributed by atoms with E-state index in [1.807, 2.05) is 20.8 Å². The number of anilines is 1. The smallest absolute Gasteiger partial charge is 0.266 e. The predicted octanol–water partition coefficient (Wildman–Crippen LogP) is 3.30. The third kappa shape index (κ3) is 4.17. The van der Waals surface area contributed by atoms with Crippen LogP contribution in [0.2, 0.25) is 0 Å². The molecule has 2 aromatic rings. The number of aryl methyl sites for hydroxylation is 2. The van der Waals surface area contributed by atoms with Gasteiger partial charge in [-0.15, -0.1) is 0 Å². The number of rotatable bonds is 7. The standard InChI is InChI=1S/C17H22N2O4S/c1-5-22-14-11-16(15(23-6-2)10-13(14)4)24(20,21)19-17-9-12(3)7-8-18-17/h7-11H,5-6H2,1-4H3,(H,18,19). The van der Waals surface area contributed by atoms with Crippen LogP contribution >= 0.6 is 0 Å². The lowest BCUT2D eigenvalue weighted by Crippen LogP contribution is -2.16. The Morgan fingerprint density at radius 1 is 1.04 bits per heavy atom. The zero-order chi connectivity index (χ0) is 17.7. The summed E-state index contributed by atoms with van der Waals surface area (Å²) in [6.45, 7) is 8.17. The molecule has 1 heterocycles. The lowest BCUT2D eigenvalue weighted by molar-refractivity contribution is 0.321. The van der Waals surface area contributed by atoms with Gasteiger partial charge >= 0.3 is 0 Å². The number of hydrogen-bond acceptors (Lipinski definition) is 5. The number of nitrogens with one attached hydrogen (secondary N) is 1. The van der Waals surface area contributed by atoms with E-state index >= 15 is 0 Å². The number of hydrogen-bond donors (Lipinski definition) is 1. The maximum Gasteiger partial charge on any atom is 0.266 e. The van der Waals surface area contributed by atoms with Crippen LogP contribution in [0.1, 0.15) is 25.0 Å². The molecule has 0 saturated heterocycles. The zero-order valence-electron chi connectivity index (χ0n) is 14.3. The minimum Gasteiger partial charge on any atom is -0.494 e. The average Bonchev–Trinajstić information content (AvgIpc) is 2.49. The second kappa shape index (κ2) is 7.53. The fourth-order valence-corrected chi connectivity index (χ4v) is 3.36. The molecule has 24 heavy (non-hydrogen) atoms. The van der Waals surface area contributed by atoms with Crippen LogP contribution in [0.25, 0.3) is 0 Å². The van der Waals surface area contributed by atoms with Crippen LogP contribution in [-0.4, -0.2) is 26.6 Å². The Kier molecular flexibility index (Phi) is 5.66. The van der Waals surface area contributed by atoms with Crippen molar-refractivity contribution in [1.82, 2.24) is 4.98 Å². The fourth-order valence-electron chi connectivity index (χ4n) is 2.22. The van der Waals surface area contributed by atoms with E-state index < -0.39 is 10.0 Å². The molecule has 1 N–H and O–H groups in total. The van der Waals surface area contributed by atoms with Gasteiger partial charge in [0.25, 0.3) is 10.0 Å². The molecule has 0 radical (unpaired) electrons. The van der Waals surface area contributed by atoms with Gasteiger partial charge in [-0.05, 0) is 57.0 Å². The first kappa shape index (κ1) is 18.1. The summed E-state index contributed by atoms with van der Waals surface area (Å²) in [5, 5.41) is 0. The Labute approximate surface area is 142 Å². The van der Waals surface area contributed by atoms with Crippen LogP contribution in [0.5, 0.6) is 11.5 Å². The maximum absolute atomic E-state index is 12.8. The van der Waals surface area contributed by atoms with E-state index in [0.717, 1.165) is 11.1 Å². The third-order valence-electron chi connectivity index (χ3n) is 3.28. The lowest BCUT2D eigenvalue weighted by Gasteiger charge is -2.16. The van der Waals surface area contributed by atoms with E-state index in [9.17, 15) is 8.42 Å². The van der Waals surface area contributed by atoms with E-state index in [1.54, 1.807) is 31.3 Å². The van der Waals surface area contributed by atoms with E-state index in [0.29, 0.717) is 24.7 Å². The number of pyridine rings is 1. The van der Waals surface area contributed by atoms with Gasteiger partial charge in [0.2, 0.25) is 0 Å². The summed E-state index contributed by atoms with van der Waals surface area (Å²) in [5.74, 6) is 1.06.